The lowest BCUT2D eigenvalue weighted by atomic mass is 9.84. The van der Waals surface area contributed by atoms with Crippen molar-refractivity contribution in [3.63, 3.8) is 0 Å². The van der Waals surface area contributed by atoms with E-state index in [-0.39, 0.29) is 0 Å². The van der Waals surface area contributed by atoms with E-state index in [1.807, 2.05) is 0 Å². The van der Waals surface area contributed by atoms with Gasteiger partial charge in [-0.2, -0.15) is 0 Å². The summed E-state index contributed by atoms with van der Waals surface area (Å²) >= 11 is 0. The van der Waals surface area contributed by atoms with Crippen molar-refractivity contribution in [3.8, 4) is 0 Å². The summed E-state index contributed by atoms with van der Waals surface area (Å²) in [6.45, 7) is 7.10. The molecule has 1 saturated heterocycles. The summed E-state index contributed by atoms with van der Waals surface area (Å²) in [5.74, 6) is 1.64. The van der Waals surface area contributed by atoms with Crippen LogP contribution in [0.3, 0.4) is 0 Å². The number of hydrogen-bond acceptors (Lipinski definition) is 1. The van der Waals surface area contributed by atoms with Crippen LogP contribution < -0.4 is 0 Å². The van der Waals surface area contributed by atoms with Gasteiger partial charge in [0, 0.05) is 13.1 Å². The van der Waals surface area contributed by atoms with Crippen LogP contribution in [0, 0.1) is 11.8 Å². The number of likely N-dealkylation sites (tertiary alicyclic amines) is 1. The molecule has 1 fully saturated rings. The quantitative estimate of drug-likeness (QED) is 0.793. The zero-order valence-corrected chi connectivity index (χ0v) is 12.4. The molecule has 20 heavy (non-hydrogen) atoms. The highest BCUT2D eigenvalue weighted by molar-refractivity contribution is 5.32. The maximum Gasteiger partial charge on any atom is 0.0602 e. The number of hydrogen-bond donors (Lipinski definition) is 0. The lowest BCUT2D eigenvalue weighted by Crippen LogP contribution is -2.50. The molecule has 0 radical (unpaired) electrons. The van der Waals surface area contributed by atoms with E-state index >= 15 is 0 Å². The van der Waals surface area contributed by atoms with Crippen molar-refractivity contribution in [2.75, 3.05) is 13.1 Å². The van der Waals surface area contributed by atoms with E-state index in [0.29, 0.717) is 6.04 Å². The Bertz CT molecular complexity index is 487. The molecule has 0 aromatic heterocycles. The summed E-state index contributed by atoms with van der Waals surface area (Å²) in [6, 6.07) is 22.2. The Morgan fingerprint density at radius 2 is 1.25 bits per heavy atom. The van der Waals surface area contributed by atoms with E-state index in [1.54, 1.807) is 0 Å². The van der Waals surface area contributed by atoms with Gasteiger partial charge in [-0.15, -0.1) is 0 Å². The average Bonchev–Trinajstić information content (AvgIpc) is 2.43. The fourth-order valence-electron chi connectivity index (χ4n) is 3.07. The van der Waals surface area contributed by atoms with Crippen molar-refractivity contribution in [1.82, 2.24) is 4.90 Å². The minimum Gasteiger partial charge on any atom is -0.292 e. The predicted molar refractivity (Wildman–Crippen MR) is 84.6 cm³/mol. The summed E-state index contributed by atoms with van der Waals surface area (Å²) in [7, 11) is 0. The van der Waals surface area contributed by atoms with Crippen LogP contribution in [0.25, 0.3) is 0 Å². The van der Waals surface area contributed by atoms with Crippen LogP contribution in [0.2, 0.25) is 0 Å². The second-order valence-corrected chi connectivity index (χ2v) is 6.18. The van der Waals surface area contributed by atoms with Gasteiger partial charge in [-0.1, -0.05) is 74.5 Å². The highest BCUT2D eigenvalue weighted by Gasteiger charge is 2.35. The molecule has 1 nitrogen and oxygen atoms in total. The van der Waals surface area contributed by atoms with Crippen molar-refractivity contribution in [3.05, 3.63) is 71.8 Å². The fraction of sp³-hybridized carbons (Fsp3) is 0.368. The van der Waals surface area contributed by atoms with E-state index in [2.05, 4.69) is 79.4 Å². The molecular weight excluding hydrogens is 242 g/mol. The Balaban J connectivity index is 1.86. The molecule has 0 N–H and O–H groups in total. The number of benzene rings is 2. The van der Waals surface area contributed by atoms with Crippen LogP contribution in [-0.4, -0.2) is 18.0 Å². The summed E-state index contributed by atoms with van der Waals surface area (Å²) < 4.78 is 0. The van der Waals surface area contributed by atoms with Crippen molar-refractivity contribution in [2.24, 2.45) is 11.8 Å². The molecule has 0 spiro atoms. The van der Waals surface area contributed by atoms with Gasteiger partial charge in [0.05, 0.1) is 6.04 Å². The maximum atomic E-state index is 2.61. The maximum absolute atomic E-state index is 2.61. The molecule has 2 aromatic rings. The van der Waals surface area contributed by atoms with Crippen molar-refractivity contribution < 1.29 is 0 Å². The molecule has 0 atom stereocenters. The first kappa shape index (κ1) is 13.4. The average molecular weight is 265 g/mol. The lowest BCUT2D eigenvalue weighted by Gasteiger charge is -2.46. The number of nitrogens with zero attached hydrogens (tertiary/aromatic N) is 1. The van der Waals surface area contributed by atoms with Crippen molar-refractivity contribution in [1.29, 1.82) is 0 Å². The van der Waals surface area contributed by atoms with Gasteiger partial charge in [0.15, 0.2) is 0 Å². The van der Waals surface area contributed by atoms with Crippen LogP contribution in [0.1, 0.15) is 31.0 Å². The molecule has 0 unspecified atom stereocenters. The molecule has 0 aliphatic carbocycles. The Morgan fingerprint density at radius 3 is 1.65 bits per heavy atom. The van der Waals surface area contributed by atoms with Gasteiger partial charge in [-0.25, -0.2) is 0 Å². The molecule has 0 amide bonds. The smallest absolute Gasteiger partial charge is 0.0602 e. The summed E-state index contributed by atoms with van der Waals surface area (Å²) in [5.41, 5.74) is 2.81. The summed E-state index contributed by atoms with van der Waals surface area (Å²) in [5, 5.41) is 0. The molecule has 1 heteroatoms. The summed E-state index contributed by atoms with van der Waals surface area (Å²) in [4.78, 5) is 2.61. The molecule has 0 bridgehead atoms. The van der Waals surface area contributed by atoms with E-state index in [9.17, 15) is 0 Å². The molecule has 1 aliphatic rings. The standard InChI is InChI=1S/C19H23N/c1-15(2)18-13-20(14-18)19(16-9-5-3-6-10-16)17-11-7-4-8-12-17/h3-12,15,18-19H,13-14H2,1-2H3. The van der Waals surface area contributed by atoms with Gasteiger partial charge in [0.2, 0.25) is 0 Å². The Kier molecular flexibility index (Phi) is 3.88. The number of rotatable bonds is 4. The van der Waals surface area contributed by atoms with Gasteiger partial charge >= 0.3 is 0 Å². The Labute approximate surface area is 122 Å². The first-order valence-corrected chi connectivity index (χ1v) is 7.59. The van der Waals surface area contributed by atoms with Crippen LogP contribution in [0.5, 0.6) is 0 Å². The second kappa shape index (κ2) is 5.80. The molecule has 0 saturated carbocycles. The first-order valence-electron chi connectivity index (χ1n) is 7.59. The zero-order valence-electron chi connectivity index (χ0n) is 12.4. The molecule has 1 heterocycles. The van der Waals surface area contributed by atoms with E-state index < -0.39 is 0 Å². The highest BCUT2D eigenvalue weighted by Crippen LogP contribution is 2.36. The second-order valence-electron chi connectivity index (χ2n) is 6.18. The van der Waals surface area contributed by atoms with E-state index in [4.69, 9.17) is 0 Å². The van der Waals surface area contributed by atoms with Crippen LogP contribution >= 0.6 is 0 Å². The van der Waals surface area contributed by atoms with Crippen LogP contribution in [0.4, 0.5) is 0 Å². The zero-order chi connectivity index (χ0) is 13.9. The minimum atomic E-state index is 0.410. The van der Waals surface area contributed by atoms with Gasteiger partial charge < -0.3 is 0 Å². The third-order valence-electron chi connectivity index (χ3n) is 4.48. The first-order chi connectivity index (χ1) is 9.75. The topological polar surface area (TPSA) is 3.24 Å². The van der Waals surface area contributed by atoms with Gasteiger partial charge in [0.1, 0.15) is 0 Å². The highest BCUT2D eigenvalue weighted by atomic mass is 15.2. The van der Waals surface area contributed by atoms with E-state index in [1.165, 1.54) is 24.2 Å². The van der Waals surface area contributed by atoms with Crippen molar-refractivity contribution >= 4 is 0 Å². The Hall–Kier alpha value is -1.60. The normalized spacial score (nSPS) is 16.6. The fourth-order valence-corrected chi connectivity index (χ4v) is 3.07. The SMILES string of the molecule is CC(C)C1CN(C(c2ccccc2)c2ccccc2)C1. The molecule has 1 aliphatic heterocycles. The molecule has 2 aromatic carbocycles. The van der Waals surface area contributed by atoms with Crippen molar-refractivity contribution in [2.45, 2.75) is 19.9 Å². The van der Waals surface area contributed by atoms with Gasteiger partial charge in [0.25, 0.3) is 0 Å². The molecule has 104 valence electrons. The van der Waals surface area contributed by atoms with Gasteiger partial charge in [-0.05, 0) is 23.0 Å². The summed E-state index contributed by atoms with van der Waals surface area (Å²) in [6.07, 6.45) is 0. The third-order valence-corrected chi connectivity index (χ3v) is 4.48. The van der Waals surface area contributed by atoms with E-state index in [0.717, 1.165) is 11.8 Å². The monoisotopic (exact) mass is 265 g/mol. The largest absolute Gasteiger partial charge is 0.292 e. The van der Waals surface area contributed by atoms with Crippen LogP contribution in [-0.2, 0) is 0 Å². The molecular formula is C19H23N. The molecule has 3 rings (SSSR count). The lowest BCUT2D eigenvalue weighted by molar-refractivity contribution is 0.0412. The van der Waals surface area contributed by atoms with Gasteiger partial charge in [-0.3, -0.25) is 4.90 Å². The predicted octanol–water partition coefficient (Wildman–Crippen LogP) is 4.36. The Morgan fingerprint density at radius 1 is 0.800 bits per heavy atom. The third kappa shape index (κ3) is 2.64. The van der Waals surface area contributed by atoms with Crippen LogP contribution in [0.15, 0.2) is 60.7 Å². The minimum absolute atomic E-state index is 0.410.